The smallest absolute Gasteiger partial charge is 0.341 e. The molecule has 20 heavy (non-hydrogen) atoms. The van der Waals surface area contributed by atoms with Crippen LogP contribution >= 0.6 is 0 Å². The van der Waals surface area contributed by atoms with Crippen molar-refractivity contribution >= 4 is 11.6 Å². The Labute approximate surface area is 115 Å². The van der Waals surface area contributed by atoms with E-state index in [4.69, 9.17) is 4.74 Å². The summed E-state index contributed by atoms with van der Waals surface area (Å²) in [4.78, 5) is 11.7. The third-order valence-electron chi connectivity index (χ3n) is 3.12. The predicted octanol–water partition coefficient (Wildman–Crippen LogP) is 2.11. The van der Waals surface area contributed by atoms with Crippen molar-refractivity contribution in [2.75, 3.05) is 7.11 Å². The molecule has 0 amide bonds. The second-order valence-electron chi connectivity index (χ2n) is 4.39. The molecule has 0 bridgehead atoms. The number of nitrogens with zero attached hydrogens (tertiary/aromatic N) is 3. The molecule has 0 unspecified atom stereocenters. The molecule has 0 saturated heterocycles. The summed E-state index contributed by atoms with van der Waals surface area (Å²) in [6.07, 6.45) is 2.51. The van der Waals surface area contributed by atoms with Gasteiger partial charge in [-0.05, 0) is 17.7 Å². The van der Waals surface area contributed by atoms with Gasteiger partial charge in [0.25, 0.3) is 0 Å². The lowest BCUT2D eigenvalue weighted by molar-refractivity contribution is 0.0602. The predicted molar refractivity (Wildman–Crippen MR) is 73.6 cm³/mol. The van der Waals surface area contributed by atoms with Crippen molar-refractivity contribution in [1.82, 2.24) is 14.6 Å². The topological polar surface area (TPSA) is 56.5 Å². The average Bonchev–Trinajstić information content (AvgIpc) is 2.91. The summed E-state index contributed by atoms with van der Waals surface area (Å²) in [5.41, 5.74) is 2.08. The van der Waals surface area contributed by atoms with E-state index in [9.17, 15) is 4.79 Å². The zero-order valence-electron chi connectivity index (χ0n) is 11.0. The summed E-state index contributed by atoms with van der Waals surface area (Å²) in [6.45, 7) is 0. The number of rotatable bonds is 3. The maximum atomic E-state index is 11.7. The van der Waals surface area contributed by atoms with Crippen LogP contribution in [-0.4, -0.2) is 27.7 Å². The standard InChI is InChI=1S/C15H13N3O2/c1-20-15(19)12-8-5-9-18-13(16-17-14(12)18)10-11-6-3-2-4-7-11/h2-9H,10H2,1H3. The van der Waals surface area contributed by atoms with Crippen LogP contribution in [0.3, 0.4) is 0 Å². The maximum absolute atomic E-state index is 11.7. The lowest BCUT2D eigenvalue weighted by Crippen LogP contribution is -2.05. The number of hydrogen-bond donors (Lipinski definition) is 0. The lowest BCUT2D eigenvalue weighted by atomic mass is 10.1. The quantitative estimate of drug-likeness (QED) is 0.682. The van der Waals surface area contributed by atoms with Gasteiger partial charge in [-0.2, -0.15) is 0 Å². The lowest BCUT2D eigenvalue weighted by Gasteiger charge is -2.03. The molecule has 0 spiro atoms. The molecule has 0 aliphatic carbocycles. The minimum absolute atomic E-state index is 0.408. The van der Waals surface area contributed by atoms with Crippen molar-refractivity contribution in [1.29, 1.82) is 0 Å². The molecule has 0 aliphatic heterocycles. The van der Waals surface area contributed by atoms with Crippen LogP contribution in [0.4, 0.5) is 0 Å². The fourth-order valence-electron chi connectivity index (χ4n) is 2.13. The van der Waals surface area contributed by atoms with E-state index in [2.05, 4.69) is 10.2 Å². The molecule has 0 aliphatic rings. The van der Waals surface area contributed by atoms with Crippen LogP contribution < -0.4 is 0 Å². The monoisotopic (exact) mass is 267 g/mol. The van der Waals surface area contributed by atoms with Gasteiger partial charge in [0.05, 0.1) is 7.11 Å². The second kappa shape index (κ2) is 5.13. The van der Waals surface area contributed by atoms with E-state index in [1.165, 1.54) is 7.11 Å². The van der Waals surface area contributed by atoms with Crippen LogP contribution in [0.15, 0.2) is 48.7 Å². The van der Waals surface area contributed by atoms with Gasteiger partial charge in [-0.15, -0.1) is 10.2 Å². The largest absolute Gasteiger partial charge is 0.465 e. The number of aromatic nitrogens is 3. The normalized spacial score (nSPS) is 10.7. The number of carbonyl (C=O) groups is 1. The van der Waals surface area contributed by atoms with Crippen molar-refractivity contribution in [3.8, 4) is 0 Å². The van der Waals surface area contributed by atoms with Gasteiger partial charge in [-0.25, -0.2) is 4.79 Å². The maximum Gasteiger partial charge on any atom is 0.341 e. The van der Waals surface area contributed by atoms with Crippen LogP contribution in [-0.2, 0) is 11.2 Å². The van der Waals surface area contributed by atoms with Gasteiger partial charge in [0.15, 0.2) is 5.65 Å². The van der Waals surface area contributed by atoms with E-state index >= 15 is 0 Å². The molecular formula is C15H13N3O2. The van der Waals surface area contributed by atoms with Gasteiger partial charge in [0.1, 0.15) is 11.4 Å². The first-order chi connectivity index (χ1) is 9.79. The molecule has 0 saturated carbocycles. The molecule has 3 aromatic rings. The summed E-state index contributed by atoms with van der Waals surface area (Å²) in [5, 5.41) is 8.27. The molecule has 1 aromatic carbocycles. The molecule has 2 aromatic heterocycles. The minimum atomic E-state index is -0.408. The van der Waals surface area contributed by atoms with Crippen LogP contribution in [0, 0.1) is 0 Å². The van der Waals surface area contributed by atoms with E-state index in [0.717, 1.165) is 11.4 Å². The molecule has 0 N–H and O–H groups in total. The first kappa shape index (κ1) is 12.3. The Bertz CT molecular complexity index is 750. The number of benzene rings is 1. The fourth-order valence-corrected chi connectivity index (χ4v) is 2.13. The zero-order chi connectivity index (χ0) is 13.9. The summed E-state index contributed by atoms with van der Waals surface area (Å²) in [7, 11) is 1.35. The van der Waals surface area contributed by atoms with Gasteiger partial charge in [-0.3, -0.25) is 4.40 Å². The Morgan fingerprint density at radius 1 is 1.15 bits per heavy atom. The zero-order valence-corrected chi connectivity index (χ0v) is 11.0. The molecule has 3 rings (SSSR count). The summed E-state index contributed by atoms with van der Waals surface area (Å²) < 4.78 is 6.57. The highest BCUT2D eigenvalue weighted by molar-refractivity contribution is 5.95. The molecule has 2 heterocycles. The third-order valence-corrected chi connectivity index (χ3v) is 3.12. The molecule has 5 nitrogen and oxygen atoms in total. The van der Waals surface area contributed by atoms with Crippen LogP contribution in [0.25, 0.3) is 5.65 Å². The summed E-state index contributed by atoms with van der Waals surface area (Å²) >= 11 is 0. The number of methoxy groups -OCH3 is 1. The van der Waals surface area contributed by atoms with Gasteiger partial charge >= 0.3 is 5.97 Å². The third kappa shape index (κ3) is 2.14. The number of esters is 1. The highest BCUT2D eigenvalue weighted by Gasteiger charge is 2.15. The molecule has 0 radical (unpaired) electrons. The summed E-state index contributed by atoms with van der Waals surface area (Å²) in [6, 6.07) is 13.5. The molecule has 0 fully saturated rings. The van der Waals surface area contributed by atoms with Gasteiger partial charge < -0.3 is 4.74 Å². The number of hydrogen-bond acceptors (Lipinski definition) is 4. The van der Waals surface area contributed by atoms with Gasteiger partial charge in [-0.1, -0.05) is 30.3 Å². The van der Waals surface area contributed by atoms with Gasteiger partial charge in [0, 0.05) is 12.6 Å². The highest BCUT2D eigenvalue weighted by atomic mass is 16.5. The average molecular weight is 267 g/mol. The van der Waals surface area contributed by atoms with Crippen LogP contribution in [0.2, 0.25) is 0 Å². The first-order valence-corrected chi connectivity index (χ1v) is 6.24. The number of fused-ring (bicyclic) bond motifs is 1. The Morgan fingerprint density at radius 3 is 2.70 bits per heavy atom. The van der Waals surface area contributed by atoms with Crippen LogP contribution in [0.5, 0.6) is 0 Å². The van der Waals surface area contributed by atoms with E-state index in [1.54, 1.807) is 12.1 Å². The minimum Gasteiger partial charge on any atom is -0.465 e. The Balaban J connectivity index is 2.04. The molecular weight excluding hydrogens is 254 g/mol. The van der Waals surface area contributed by atoms with Crippen LogP contribution in [0.1, 0.15) is 21.7 Å². The number of carbonyl (C=O) groups excluding carboxylic acids is 1. The molecule has 100 valence electrons. The Hall–Kier alpha value is -2.69. The van der Waals surface area contributed by atoms with Crippen molar-refractivity contribution in [2.24, 2.45) is 0 Å². The van der Waals surface area contributed by atoms with E-state index < -0.39 is 5.97 Å². The molecule has 0 atom stereocenters. The number of pyridine rings is 1. The Kier molecular flexibility index (Phi) is 3.16. The second-order valence-corrected chi connectivity index (χ2v) is 4.39. The van der Waals surface area contributed by atoms with Gasteiger partial charge in [0.2, 0.25) is 0 Å². The Morgan fingerprint density at radius 2 is 1.95 bits per heavy atom. The first-order valence-electron chi connectivity index (χ1n) is 6.24. The van der Waals surface area contributed by atoms with E-state index in [0.29, 0.717) is 17.6 Å². The van der Waals surface area contributed by atoms with E-state index in [1.807, 2.05) is 40.9 Å². The van der Waals surface area contributed by atoms with Crippen molar-refractivity contribution in [3.63, 3.8) is 0 Å². The SMILES string of the molecule is COC(=O)c1cccn2c(Cc3ccccc3)nnc12. The number of ether oxygens (including phenoxy) is 1. The van der Waals surface area contributed by atoms with Crippen molar-refractivity contribution in [3.05, 3.63) is 65.6 Å². The highest BCUT2D eigenvalue weighted by Crippen LogP contribution is 2.14. The van der Waals surface area contributed by atoms with Crippen molar-refractivity contribution < 1.29 is 9.53 Å². The fraction of sp³-hybridized carbons (Fsp3) is 0.133. The molecule has 5 heteroatoms. The van der Waals surface area contributed by atoms with E-state index in [-0.39, 0.29) is 0 Å². The van der Waals surface area contributed by atoms with Crippen molar-refractivity contribution in [2.45, 2.75) is 6.42 Å². The summed E-state index contributed by atoms with van der Waals surface area (Å²) in [5.74, 6) is 0.381.